The number of esters is 2. The zero-order valence-corrected chi connectivity index (χ0v) is 19.8. The zero-order valence-electron chi connectivity index (χ0n) is 19.8. The standard InChI is InChI=1S/C26H25N3O6/c1-15-11-16-7-5-6-8-19(16)29(15)23(22-24(30)34-26(2,3)35-25(22)31)28-17-9-10-18(20(12-17)32-4)21-13-27-14-33-21/h5-10,12-15,28H,11H2,1-4H3. The van der Waals surface area contributed by atoms with E-state index in [1.807, 2.05) is 42.2 Å². The fraction of sp³-hybridized carbons (Fsp3) is 0.269. The number of ether oxygens (including phenoxy) is 3. The van der Waals surface area contributed by atoms with Crippen molar-refractivity contribution in [2.24, 2.45) is 0 Å². The van der Waals surface area contributed by atoms with Gasteiger partial charge in [-0.05, 0) is 37.1 Å². The van der Waals surface area contributed by atoms with Gasteiger partial charge in [0.2, 0.25) is 0 Å². The van der Waals surface area contributed by atoms with Crippen molar-refractivity contribution in [2.45, 2.75) is 39.0 Å². The molecule has 0 saturated carbocycles. The summed E-state index contributed by atoms with van der Waals surface area (Å²) in [5.41, 5.74) is 3.10. The van der Waals surface area contributed by atoms with E-state index in [-0.39, 0.29) is 17.4 Å². The molecule has 1 unspecified atom stereocenters. The van der Waals surface area contributed by atoms with Crippen LogP contribution in [0.15, 0.2) is 70.9 Å². The summed E-state index contributed by atoms with van der Waals surface area (Å²) in [5.74, 6) is -1.50. The molecule has 0 aliphatic carbocycles. The normalized spacial score (nSPS) is 18.6. The van der Waals surface area contributed by atoms with Gasteiger partial charge in [-0.3, -0.25) is 0 Å². The van der Waals surface area contributed by atoms with Gasteiger partial charge in [0.25, 0.3) is 5.79 Å². The number of aromatic nitrogens is 1. The number of oxazole rings is 1. The van der Waals surface area contributed by atoms with Crippen molar-refractivity contribution >= 4 is 23.3 Å². The van der Waals surface area contributed by atoms with Gasteiger partial charge in [0.15, 0.2) is 17.7 Å². The Balaban J connectivity index is 1.62. The number of carbonyl (C=O) groups is 2. The van der Waals surface area contributed by atoms with E-state index in [0.29, 0.717) is 22.8 Å². The van der Waals surface area contributed by atoms with Crippen LogP contribution in [0, 0.1) is 0 Å². The van der Waals surface area contributed by atoms with Gasteiger partial charge < -0.3 is 28.8 Å². The lowest BCUT2D eigenvalue weighted by Crippen LogP contribution is -2.45. The number of para-hydroxylation sites is 1. The smallest absolute Gasteiger partial charge is 0.352 e. The highest BCUT2D eigenvalue weighted by Crippen LogP contribution is 2.39. The van der Waals surface area contributed by atoms with Gasteiger partial charge >= 0.3 is 11.9 Å². The van der Waals surface area contributed by atoms with E-state index in [4.69, 9.17) is 18.6 Å². The molecule has 1 saturated heterocycles. The lowest BCUT2D eigenvalue weighted by atomic mass is 10.1. The molecule has 1 fully saturated rings. The summed E-state index contributed by atoms with van der Waals surface area (Å²) in [5, 5.41) is 3.28. The van der Waals surface area contributed by atoms with E-state index in [0.717, 1.165) is 17.7 Å². The molecule has 1 aromatic heterocycles. The molecule has 0 spiro atoms. The molecule has 2 aliphatic rings. The van der Waals surface area contributed by atoms with E-state index in [2.05, 4.69) is 10.3 Å². The first-order valence-corrected chi connectivity index (χ1v) is 11.2. The third-order valence-corrected chi connectivity index (χ3v) is 5.93. The minimum atomic E-state index is -1.35. The molecule has 0 bridgehead atoms. The Bertz CT molecular complexity index is 1310. The molecule has 9 heteroatoms. The van der Waals surface area contributed by atoms with E-state index in [9.17, 15) is 9.59 Å². The van der Waals surface area contributed by atoms with E-state index >= 15 is 0 Å². The summed E-state index contributed by atoms with van der Waals surface area (Å²) < 4.78 is 21.8. The molecule has 35 heavy (non-hydrogen) atoms. The Morgan fingerprint density at radius 3 is 2.57 bits per heavy atom. The van der Waals surface area contributed by atoms with Crippen LogP contribution >= 0.6 is 0 Å². The molecular formula is C26H25N3O6. The molecular weight excluding hydrogens is 450 g/mol. The lowest BCUT2D eigenvalue weighted by Gasteiger charge is -2.34. The second-order valence-corrected chi connectivity index (χ2v) is 8.86. The number of cyclic esters (lactones) is 2. The van der Waals surface area contributed by atoms with E-state index in [1.165, 1.54) is 20.2 Å². The molecule has 0 amide bonds. The fourth-order valence-corrected chi connectivity index (χ4v) is 4.45. The van der Waals surface area contributed by atoms with Crippen LogP contribution in [0.4, 0.5) is 11.4 Å². The van der Waals surface area contributed by atoms with Gasteiger partial charge in [-0.25, -0.2) is 14.6 Å². The maximum atomic E-state index is 13.1. The number of carbonyl (C=O) groups excluding carboxylic acids is 2. The number of rotatable bonds is 5. The van der Waals surface area contributed by atoms with E-state index in [1.54, 1.807) is 25.4 Å². The maximum Gasteiger partial charge on any atom is 0.352 e. The summed E-state index contributed by atoms with van der Waals surface area (Å²) in [7, 11) is 1.55. The molecule has 2 aromatic carbocycles. The number of nitrogens with one attached hydrogen (secondary N) is 1. The van der Waals surface area contributed by atoms with Crippen molar-refractivity contribution < 1.29 is 28.2 Å². The number of hydrogen-bond acceptors (Lipinski definition) is 9. The summed E-state index contributed by atoms with van der Waals surface area (Å²) in [4.78, 5) is 32.0. The van der Waals surface area contributed by atoms with Gasteiger partial charge in [-0.1, -0.05) is 18.2 Å². The first kappa shape index (κ1) is 22.5. The zero-order chi connectivity index (χ0) is 24.7. The fourth-order valence-electron chi connectivity index (χ4n) is 4.45. The van der Waals surface area contributed by atoms with Crippen LogP contribution in [-0.2, 0) is 25.5 Å². The Kier molecular flexibility index (Phi) is 5.47. The number of methoxy groups -OCH3 is 1. The number of hydrogen-bond donors (Lipinski definition) is 1. The van der Waals surface area contributed by atoms with Crippen LogP contribution < -0.4 is 15.0 Å². The minimum absolute atomic E-state index is 0.0340. The number of anilines is 2. The van der Waals surface area contributed by atoms with Gasteiger partial charge in [-0.15, -0.1) is 0 Å². The molecule has 3 heterocycles. The molecule has 180 valence electrons. The van der Waals surface area contributed by atoms with Crippen molar-refractivity contribution in [1.82, 2.24) is 4.98 Å². The predicted octanol–water partition coefficient (Wildman–Crippen LogP) is 4.26. The highest BCUT2D eigenvalue weighted by molar-refractivity contribution is 6.17. The van der Waals surface area contributed by atoms with Crippen molar-refractivity contribution in [3.8, 4) is 17.1 Å². The average molecular weight is 476 g/mol. The van der Waals surface area contributed by atoms with Gasteiger partial charge in [-0.2, -0.15) is 0 Å². The van der Waals surface area contributed by atoms with Crippen molar-refractivity contribution in [2.75, 3.05) is 17.3 Å². The maximum absolute atomic E-state index is 13.1. The summed E-state index contributed by atoms with van der Waals surface area (Å²) >= 11 is 0. The van der Waals surface area contributed by atoms with Crippen LogP contribution in [-0.4, -0.2) is 35.9 Å². The molecule has 1 N–H and O–H groups in total. The third-order valence-electron chi connectivity index (χ3n) is 5.93. The second-order valence-electron chi connectivity index (χ2n) is 8.86. The lowest BCUT2D eigenvalue weighted by molar-refractivity contribution is -0.222. The molecule has 0 radical (unpaired) electrons. The largest absolute Gasteiger partial charge is 0.496 e. The van der Waals surface area contributed by atoms with Crippen LogP contribution in [0.5, 0.6) is 5.75 Å². The predicted molar refractivity (Wildman–Crippen MR) is 127 cm³/mol. The molecule has 5 rings (SSSR count). The summed E-state index contributed by atoms with van der Waals surface area (Å²) in [6.45, 7) is 5.07. The number of nitrogens with zero attached hydrogens (tertiary/aromatic N) is 2. The SMILES string of the molecule is COc1cc(NC(=C2C(=O)OC(C)(C)OC2=O)N2c3ccccc3CC2C)ccc1-c1cnco1. The Morgan fingerprint density at radius 1 is 1.14 bits per heavy atom. The molecule has 3 aromatic rings. The van der Waals surface area contributed by atoms with Crippen molar-refractivity contribution in [3.05, 3.63) is 72.0 Å². The molecule has 9 nitrogen and oxygen atoms in total. The van der Waals surface area contributed by atoms with Gasteiger partial charge in [0.05, 0.1) is 18.9 Å². The van der Waals surface area contributed by atoms with Crippen LogP contribution in [0.1, 0.15) is 26.3 Å². The van der Waals surface area contributed by atoms with Crippen LogP contribution in [0.25, 0.3) is 11.3 Å². The van der Waals surface area contributed by atoms with Crippen molar-refractivity contribution in [3.63, 3.8) is 0 Å². The summed E-state index contributed by atoms with van der Waals surface area (Å²) in [6.07, 6.45) is 3.69. The third kappa shape index (κ3) is 4.09. The minimum Gasteiger partial charge on any atom is -0.496 e. The monoisotopic (exact) mass is 475 g/mol. The number of benzene rings is 2. The van der Waals surface area contributed by atoms with Crippen LogP contribution in [0.2, 0.25) is 0 Å². The molecule has 2 aliphatic heterocycles. The Morgan fingerprint density at radius 2 is 1.89 bits per heavy atom. The summed E-state index contributed by atoms with van der Waals surface area (Å²) in [6, 6.07) is 13.2. The highest BCUT2D eigenvalue weighted by atomic mass is 16.7. The topological polar surface area (TPSA) is 103 Å². The highest BCUT2D eigenvalue weighted by Gasteiger charge is 2.44. The number of fused-ring (bicyclic) bond motifs is 1. The average Bonchev–Trinajstić information content (AvgIpc) is 3.44. The Hall–Kier alpha value is -4.27. The van der Waals surface area contributed by atoms with Gasteiger partial charge in [0.1, 0.15) is 11.6 Å². The van der Waals surface area contributed by atoms with E-state index < -0.39 is 17.7 Å². The van der Waals surface area contributed by atoms with Gasteiger partial charge in [0, 0.05) is 37.3 Å². The van der Waals surface area contributed by atoms with Crippen molar-refractivity contribution in [1.29, 1.82) is 0 Å². The molecule has 1 atom stereocenters. The van der Waals surface area contributed by atoms with Crippen LogP contribution in [0.3, 0.4) is 0 Å². The Labute approximate surface area is 202 Å². The first-order chi connectivity index (χ1) is 16.8. The quantitative estimate of drug-likeness (QED) is 0.329. The first-order valence-electron chi connectivity index (χ1n) is 11.2. The second kappa shape index (κ2) is 8.50.